The number of benzene rings is 1. The van der Waals surface area contributed by atoms with Crippen molar-refractivity contribution in [1.82, 2.24) is 5.32 Å². The summed E-state index contributed by atoms with van der Waals surface area (Å²) in [6.45, 7) is -1.93. The maximum Gasteiger partial charge on any atom is 0.255 e. The Balaban J connectivity index is 3.00. The zero-order valence-corrected chi connectivity index (χ0v) is 10.5. The van der Waals surface area contributed by atoms with Crippen LogP contribution in [0.3, 0.4) is 0 Å². The summed E-state index contributed by atoms with van der Waals surface area (Å²) in [5.74, 6) is -0.653. The molecule has 0 saturated carbocycles. The van der Waals surface area contributed by atoms with E-state index in [-0.39, 0.29) is 11.3 Å². The summed E-state index contributed by atoms with van der Waals surface area (Å²) in [6, 6.07) is 4.07. The van der Waals surface area contributed by atoms with E-state index in [2.05, 4.69) is 5.32 Å². The molecule has 106 valence electrons. The van der Waals surface area contributed by atoms with Crippen LogP contribution in [0.4, 0.5) is 0 Å². The van der Waals surface area contributed by atoms with Gasteiger partial charge in [-0.25, -0.2) is 0 Å². The first-order valence-electron chi connectivity index (χ1n) is 5.54. The predicted octanol–water partition coefficient (Wildman–Crippen LogP) is -1.15. The summed E-state index contributed by atoms with van der Waals surface area (Å²) in [5.41, 5.74) is -1.63. The quantitative estimate of drug-likeness (QED) is 0.445. The second-order valence-electron chi connectivity index (χ2n) is 4.09. The topological polar surface area (TPSA) is 119 Å². The Morgan fingerprint density at radius 1 is 1.26 bits per heavy atom. The van der Waals surface area contributed by atoms with E-state index in [1.807, 2.05) is 0 Å². The highest BCUT2D eigenvalue weighted by atomic mass is 16.5. The molecule has 0 unspecified atom stereocenters. The molecule has 0 aromatic heterocycles. The average molecular weight is 271 g/mol. The van der Waals surface area contributed by atoms with Crippen molar-refractivity contribution in [2.45, 2.75) is 5.54 Å². The molecule has 0 bridgehead atoms. The number of phenols is 1. The van der Waals surface area contributed by atoms with Gasteiger partial charge in [0.1, 0.15) is 17.0 Å². The molecule has 0 radical (unpaired) electrons. The third-order valence-electron chi connectivity index (χ3n) is 2.74. The Kier molecular flexibility index (Phi) is 5.11. The summed E-state index contributed by atoms with van der Waals surface area (Å²) in [6.07, 6.45) is 0. The van der Waals surface area contributed by atoms with Crippen LogP contribution in [-0.4, -0.2) is 58.8 Å². The van der Waals surface area contributed by atoms with Crippen molar-refractivity contribution < 1.29 is 30.0 Å². The third kappa shape index (κ3) is 3.34. The van der Waals surface area contributed by atoms with E-state index < -0.39 is 31.3 Å². The van der Waals surface area contributed by atoms with Crippen molar-refractivity contribution in [2.24, 2.45) is 0 Å². The van der Waals surface area contributed by atoms with E-state index in [1.165, 1.54) is 25.3 Å². The predicted molar refractivity (Wildman–Crippen MR) is 66.1 cm³/mol. The van der Waals surface area contributed by atoms with Gasteiger partial charge in [-0.3, -0.25) is 4.79 Å². The molecule has 0 saturated heterocycles. The second-order valence-corrected chi connectivity index (χ2v) is 4.09. The average Bonchev–Trinajstić information content (AvgIpc) is 2.45. The molecule has 0 aliphatic rings. The largest absolute Gasteiger partial charge is 0.507 e. The number of methoxy groups -OCH3 is 1. The maximum absolute atomic E-state index is 12.0. The fraction of sp³-hybridized carbons (Fsp3) is 0.417. The van der Waals surface area contributed by atoms with Crippen LogP contribution in [0.15, 0.2) is 18.2 Å². The molecule has 1 rings (SSSR count). The number of hydrogen-bond acceptors (Lipinski definition) is 6. The molecule has 1 amide bonds. The highest BCUT2D eigenvalue weighted by Gasteiger charge is 2.31. The standard InChI is InChI=1S/C12H17NO6/c1-19-8-2-3-10(17)9(4-8)11(18)13-12(5-14,6-15)7-16/h2-4,14-17H,5-7H2,1H3,(H,13,18). The van der Waals surface area contributed by atoms with Crippen LogP contribution >= 0.6 is 0 Å². The fourth-order valence-electron chi connectivity index (χ4n) is 1.40. The van der Waals surface area contributed by atoms with Gasteiger partial charge in [-0.15, -0.1) is 0 Å². The van der Waals surface area contributed by atoms with Gasteiger partial charge in [0.05, 0.1) is 32.5 Å². The first-order valence-corrected chi connectivity index (χ1v) is 5.54. The fourth-order valence-corrected chi connectivity index (χ4v) is 1.40. The summed E-state index contributed by atoms with van der Waals surface area (Å²) in [4.78, 5) is 12.0. The van der Waals surface area contributed by atoms with Gasteiger partial charge < -0.3 is 30.5 Å². The molecule has 0 fully saturated rings. The minimum absolute atomic E-state index is 0.0842. The van der Waals surface area contributed by atoms with Crippen molar-refractivity contribution in [3.8, 4) is 11.5 Å². The summed E-state index contributed by atoms with van der Waals surface area (Å²) in [5, 5.41) is 39.3. The van der Waals surface area contributed by atoms with Crippen LogP contribution in [0.25, 0.3) is 0 Å². The number of rotatable bonds is 6. The van der Waals surface area contributed by atoms with Crippen molar-refractivity contribution in [1.29, 1.82) is 0 Å². The number of aliphatic hydroxyl groups is 3. The van der Waals surface area contributed by atoms with E-state index in [9.17, 15) is 9.90 Å². The lowest BCUT2D eigenvalue weighted by Gasteiger charge is -2.28. The van der Waals surface area contributed by atoms with Gasteiger partial charge >= 0.3 is 0 Å². The van der Waals surface area contributed by atoms with Gasteiger partial charge in [-0.05, 0) is 18.2 Å². The van der Waals surface area contributed by atoms with Crippen LogP contribution < -0.4 is 10.1 Å². The first kappa shape index (κ1) is 15.2. The van der Waals surface area contributed by atoms with E-state index >= 15 is 0 Å². The Labute approximate surface area is 110 Å². The number of carbonyl (C=O) groups is 1. The molecule has 5 N–H and O–H groups in total. The van der Waals surface area contributed by atoms with Crippen LogP contribution in [0.5, 0.6) is 11.5 Å². The van der Waals surface area contributed by atoms with Gasteiger partial charge in [0, 0.05) is 0 Å². The molecule has 0 heterocycles. The van der Waals surface area contributed by atoms with Crippen LogP contribution in [-0.2, 0) is 0 Å². The van der Waals surface area contributed by atoms with Crippen molar-refractivity contribution in [3.63, 3.8) is 0 Å². The highest BCUT2D eigenvalue weighted by Crippen LogP contribution is 2.23. The normalized spacial score (nSPS) is 11.2. The SMILES string of the molecule is COc1ccc(O)c(C(=O)NC(CO)(CO)CO)c1. The van der Waals surface area contributed by atoms with Crippen LogP contribution in [0, 0.1) is 0 Å². The zero-order valence-electron chi connectivity index (χ0n) is 10.5. The van der Waals surface area contributed by atoms with E-state index in [0.717, 1.165) is 0 Å². The van der Waals surface area contributed by atoms with Crippen LogP contribution in [0.2, 0.25) is 0 Å². The number of phenolic OH excluding ortho intramolecular Hbond substituents is 1. The van der Waals surface area contributed by atoms with Gasteiger partial charge in [0.2, 0.25) is 0 Å². The molecule has 0 atom stereocenters. The second kappa shape index (κ2) is 6.37. The van der Waals surface area contributed by atoms with Gasteiger partial charge in [0.25, 0.3) is 5.91 Å². The smallest absolute Gasteiger partial charge is 0.255 e. The number of aliphatic hydroxyl groups excluding tert-OH is 3. The van der Waals surface area contributed by atoms with Crippen molar-refractivity contribution in [3.05, 3.63) is 23.8 Å². The van der Waals surface area contributed by atoms with Crippen LogP contribution in [0.1, 0.15) is 10.4 Å². The molecule has 7 heteroatoms. The maximum atomic E-state index is 12.0. The molecule has 0 spiro atoms. The van der Waals surface area contributed by atoms with Crippen molar-refractivity contribution >= 4 is 5.91 Å². The minimum Gasteiger partial charge on any atom is -0.507 e. The molecule has 1 aromatic rings. The number of carbonyl (C=O) groups excluding carboxylic acids is 1. The Morgan fingerprint density at radius 2 is 1.84 bits per heavy atom. The molecule has 0 aliphatic heterocycles. The Morgan fingerprint density at radius 3 is 2.32 bits per heavy atom. The summed E-state index contributed by atoms with van der Waals surface area (Å²) in [7, 11) is 1.41. The lowest BCUT2D eigenvalue weighted by Crippen LogP contribution is -2.57. The Hall–Kier alpha value is -1.83. The van der Waals surface area contributed by atoms with E-state index in [1.54, 1.807) is 0 Å². The van der Waals surface area contributed by atoms with E-state index in [4.69, 9.17) is 20.1 Å². The lowest BCUT2D eigenvalue weighted by molar-refractivity contribution is 0.0374. The highest BCUT2D eigenvalue weighted by molar-refractivity contribution is 5.97. The molecular weight excluding hydrogens is 254 g/mol. The molecule has 19 heavy (non-hydrogen) atoms. The monoisotopic (exact) mass is 271 g/mol. The van der Waals surface area contributed by atoms with E-state index in [0.29, 0.717) is 5.75 Å². The summed E-state index contributed by atoms with van der Waals surface area (Å²) >= 11 is 0. The van der Waals surface area contributed by atoms with Gasteiger partial charge in [0.15, 0.2) is 0 Å². The number of aromatic hydroxyl groups is 1. The van der Waals surface area contributed by atoms with Gasteiger partial charge in [-0.1, -0.05) is 0 Å². The minimum atomic E-state index is -1.55. The number of ether oxygens (including phenoxy) is 1. The first-order chi connectivity index (χ1) is 9.01. The Bertz CT molecular complexity index is 436. The number of nitrogens with one attached hydrogen (secondary N) is 1. The lowest BCUT2D eigenvalue weighted by atomic mass is 10.0. The molecular formula is C12H17NO6. The summed E-state index contributed by atoms with van der Waals surface area (Å²) < 4.78 is 4.93. The van der Waals surface area contributed by atoms with Crippen molar-refractivity contribution in [2.75, 3.05) is 26.9 Å². The molecule has 1 aromatic carbocycles. The molecule has 7 nitrogen and oxygen atoms in total. The zero-order chi connectivity index (χ0) is 14.5. The number of hydrogen-bond donors (Lipinski definition) is 5. The number of amides is 1. The van der Waals surface area contributed by atoms with Gasteiger partial charge in [-0.2, -0.15) is 0 Å². The molecule has 0 aliphatic carbocycles. The third-order valence-corrected chi connectivity index (χ3v) is 2.74.